The Hall–Kier alpha value is -2.10. The topological polar surface area (TPSA) is 59.2 Å². The molecule has 0 radical (unpaired) electrons. The number of benzene rings is 1. The zero-order chi connectivity index (χ0) is 15.0. The fourth-order valence-corrected chi connectivity index (χ4v) is 2.94. The third-order valence-electron chi connectivity index (χ3n) is 4.61. The molecule has 1 aliphatic heterocycles. The Morgan fingerprint density at radius 1 is 1.29 bits per heavy atom. The van der Waals surface area contributed by atoms with Crippen LogP contribution in [0.2, 0.25) is 0 Å². The average molecular weight is 283 g/mol. The summed E-state index contributed by atoms with van der Waals surface area (Å²) >= 11 is 0. The molecule has 1 aromatic heterocycles. The lowest BCUT2D eigenvalue weighted by Crippen LogP contribution is -2.42. The molecule has 2 atom stereocenters. The molecule has 4 heteroatoms. The molecule has 1 fully saturated rings. The van der Waals surface area contributed by atoms with Gasteiger partial charge in [-0.3, -0.25) is 4.79 Å². The maximum Gasteiger partial charge on any atom is 0.272 e. The van der Waals surface area contributed by atoms with Gasteiger partial charge in [0.1, 0.15) is 11.5 Å². The molecule has 21 heavy (non-hydrogen) atoms. The van der Waals surface area contributed by atoms with Crippen molar-refractivity contribution in [3.63, 3.8) is 0 Å². The number of rotatable bonds is 1. The van der Waals surface area contributed by atoms with E-state index in [0.717, 1.165) is 30.3 Å². The second-order valence-corrected chi connectivity index (χ2v) is 6.11. The van der Waals surface area contributed by atoms with Gasteiger partial charge in [0.2, 0.25) is 0 Å². The number of carbonyl (C=O) groups is 1. The molecule has 1 saturated heterocycles. The van der Waals surface area contributed by atoms with Crippen molar-refractivity contribution in [3.05, 3.63) is 36.0 Å². The molecule has 1 amide bonds. The van der Waals surface area contributed by atoms with Gasteiger partial charge in [-0.2, -0.15) is 0 Å². The van der Waals surface area contributed by atoms with Crippen LogP contribution in [0.15, 0.2) is 30.3 Å². The summed E-state index contributed by atoms with van der Waals surface area (Å²) in [6.07, 6.45) is 1.05. The normalized spacial score (nSPS) is 22.5. The maximum absolute atomic E-state index is 12.7. The van der Waals surface area contributed by atoms with E-state index in [1.165, 1.54) is 0 Å². The Labute approximate surface area is 125 Å². The Balaban J connectivity index is 1.91. The van der Waals surface area contributed by atoms with Crippen molar-refractivity contribution in [2.45, 2.75) is 20.3 Å². The number of carbonyl (C=O) groups excluding carboxylic acids is 1. The number of likely N-dealkylation sites (tertiary alicyclic amines) is 1. The third-order valence-corrected chi connectivity index (χ3v) is 4.61. The lowest BCUT2D eigenvalue weighted by Gasteiger charge is -2.35. The van der Waals surface area contributed by atoms with Crippen molar-refractivity contribution in [3.8, 4) is 0 Å². The third kappa shape index (κ3) is 2.58. The molecule has 4 nitrogen and oxygen atoms in total. The van der Waals surface area contributed by atoms with Crippen LogP contribution >= 0.6 is 0 Å². The van der Waals surface area contributed by atoms with Crippen molar-refractivity contribution in [1.82, 2.24) is 9.88 Å². The van der Waals surface area contributed by atoms with Crippen molar-refractivity contribution in [2.24, 2.45) is 11.8 Å². The Morgan fingerprint density at radius 2 is 2.05 bits per heavy atom. The number of nitrogens with two attached hydrogens (primary N) is 1. The summed E-state index contributed by atoms with van der Waals surface area (Å²) < 4.78 is 0. The summed E-state index contributed by atoms with van der Waals surface area (Å²) in [7, 11) is 0. The highest BCUT2D eigenvalue weighted by Gasteiger charge is 2.27. The number of hydrogen-bond acceptors (Lipinski definition) is 3. The van der Waals surface area contributed by atoms with Gasteiger partial charge >= 0.3 is 0 Å². The van der Waals surface area contributed by atoms with E-state index in [1.54, 1.807) is 0 Å². The fraction of sp³-hybridized carbons (Fsp3) is 0.412. The first-order valence-electron chi connectivity index (χ1n) is 7.51. The van der Waals surface area contributed by atoms with Crippen molar-refractivity contribution >= 4 is 22.5 Å². The molecule has 0 aliphatic carbocycles. The van der Waals surface area contributed by atoms with E-state index in [0.29, 0.717) is 23.3 Å². The highest BCUT2D eigenvalue weighted by molar-refractivity contribution is 5.99. The van der Waals surface area contributed by atoms with Gasteiger partial charge in [0.25, 0.3) is 5.91 Å². The van der Waals surface area contributed by atoms with Crippen LogP contribution in [0.5, 0.6) is 0 Å². The summed E-state index contributed by atoms with van der Waals surface area (Å²) in [4.78, 5) is 18.9. The van der Waals surface area contributed by atoms with E-state index in [9.17, 15) is 4.79 Å². The molecule has 2 heterocycles. The van der Waals surface area contributed by atoms with E-state index in [1.807, 2.05) is 35.2 Å². The van der Waals surface area contributed by atoms with Gasteiger partial charge in [-0.15, -0.1) is 0 Å². The number of anilines is 1. The van der Waals surface area contributed by atoms with Gasteiger partial charge in [-0.25, -0.2) is 4.98 Å². The maximum atomic E-state index is 12.7. The molecule has 3 rings (SSSR count). The second kappa shape index (κ2) is 5.35. The van der Waals surface area contributed by atoms with E-state index in [4.69, 9.17) is 5.73 Å². The van der Waals surface area contributed by atoms with Crippen LogP contribution in [0.4, 0.5) is 5.82 Å². The number of nitrogen functional groups attached to an aromatic ring is 1. The second-order valence-electron chi connectivity index (χ2n) is 6.11. The van der Waals surface area contributed by atoms with Gasteiger partial charge in [0, 0.05) is 18.5 Å². The number of hydrogen-bond donors (Lipinski definition) is 1. The van der Waals surface area contributed by atoms with Crippen LogP contribution in [-0.4, -0.2) is 28.9 Å². The van der Waals surface area contributed by atoms with Crippen LogP contribution < -0.4 is 5.73 Å². The standard InChI is InChI=1S/C17H21N3O/c1-11-7-8-20(10-12(11)2)17(21)15-9-13-5-3-4-6-14(13)16(18)19-15/h3-6,9,11-12H,7-8,10H2,1-2H3,(H2,18,19). The van der Waals surface area contributed by atoms with Gasteiger partial charge in [0.05, 0.1) is 0 Å². The van der Waals surface area contributed by atoms with Crippen molar-refractivity contribution in [1.29, 1.82) is 0 Å². The van der Waals surface area contributed by atoms with Crippen LogP contribution in [0.25, 0.3) is 10.8 Å². The zero-order valence-corrected chi connectivity index (χ0v) is 12.5. The molecule has 0 saturated carbocycles. The molecule has 2 unspecified atom stereocenters. The molecule has 2 aromatic rings. The summed E-state index contributed by atoms with van der Waals surface area (Å²) in [5.41, 5.74) is 6.44. The molecule has 1 aromatic carbocycles. The number of nitrogens with zero attached hydrogens (tertiary/aromatic N) is 2. The zero-order valence-electron chi connectivity index (χ0n) is 12.5. The SMILES string of the molecule is CC1CCN(C(=O)c2cc3ccccc3c(N)n2)CC1C. The minimum atomic E-state index is -0.00815. The number of pyridine rings is 1. The molecule has 0 bridgehead atoms. The van der Waals surface area contributed by atoms with E-state index in [-0.39, 0.29) is 5.91 Å². The van der Waals surface area contributed by atoms with Crippen LogP contribution in [-0.2, 0) is 0 Å². The molecule has 0 spiro atoms. The predicted molar refractivity (Wildman–Crippen MR) is 85.0 cm³/mol. The highest BCUT2D eigenvalue weighted by Crippen LogP contribution is 2.25. The van der Waals surface area contributed by atoms with E-state index in [2.05, 4.69) is 18.8 Å². The smallest absolute Gasteiger partial charge is 0.272 e. The molecular formula is C17H21N3O. The molecule has 1 aliphatic rings. The monoisotopic (exact) mass is 283 g/mol. The number of fused-ring (bicyclic) bond motifs is 1. The molecular weight excluding hydrogens is 262 g/mol. The first-order chi connectivity index (χ1) is 10.1. The summed E-state index contributed by atoms with van der Waals surface area (Å²) in [6, 6.07) is 9.61. The van der Waals surface area contributed by atoms with Gasteiger partial charge in [0.15, 0.2) is 0 Å². The minimum Gasteiger partial charge on any atom is -0.383 e. The average Bonchev–Trinajstić information content (AvgIpc) is 2.49. The molecule has 110 valence electrons. The van der Waals surface area contributed by atoms with Gasteiger partial charge in [-0.1, -0.05) is 38.1 Å². The van der Waals surface area contributed by atoms with Gasteiger partial charge in [-0.05, 0) is 29.7 Å². The van der Waals surface area contributed by atoms with E-state index >= 15 is 0 Å². The number of piperidine rings is 1. The summed E-state index contributed by atoms with van der Waals surface area (Å²) in [6.45, 7) is 6.05. The quantitative estimate of drug-likeness (QED) is 0.875. The van der Waals surface area contributed by atoms with Crippen LogP contribution in [0, 0.1) is 11.8 Å². The number of aromatic nitrogens is 1. The van der Waals surface area contributed by atoms with Crippen molar-refractivity contribution < 1.29 is 4.79 Å². The van der Waals surface area contributed by atoms with Crippen molar-refractivity contribution in [2.75, 3.05) is 18.8 Å². The fourth-order valence-electron chi connectivity index (χ4n) is 2.94. The van der Waals surface area contributed by atoms with E-state index < -0.39 is 0 Å². The van der Waals surface area contributed by atoms with Gasteiger partial charge < -0.3 is 10.6 Å². The lowest BCUT2D eigenvalue weighted by atomic mass is 9.88. The first-order valence-corrected chi connectivity index (χ1v) is 7.51. The summed E-state index contributed by atoms with van der Waals surface area (Å²) in [5, 5.41) is 1.86. The largest absolute Gasteiger partial charge is 0.383 e. The first kappa shape index (κ1) is 13.9. The predicted octanol–water partition coefficient (Wildman–Crippen LogP) is 2.94. The summed E-state index contributed by atoms with van der Waals surface area (Å²) in [5.74, 6) is 1.62. The Morgan fingerprint density at radius 3 is 2.81 bits per heavy atom. The minimum absolute atomic E-state index is 0.00815. The Kier molecular flexibility index (Phi) is 3.53. The highest BCUT2D eigenvalue weighted by atomic mass is 16.2. The molecule has 2 N–H and O–H groups in total. The van der Waals surface area contributed by atoms with Crippen LogP contribution in [0.1, 0.15) is 30.8 Å². The Bertz CT molecular complexity index is 683. The number of amides is 1. The lowest BCUT2D eigenvalue weighted by molar-refractivity contribution is 0.0622. The van der Waals surface area contributed by atoms with Crippen LogP contribution in [0.3, 0.4) is 0 Å².